The van der Waals surface area contributed by atoms with Gasteiger partial charge >= 0.3 is 0 Å². The van der Waals surface area contributed by atoms with E-state index >= 15 is 0 Å². The van der Waals surface area contributed by atoms with E-state index in [1.807, 2.05) is 0 Å². The summed E-state index contributed by atoms with van der Waals surface area (Å²) in [7, 11) is 0. The van der Waals surface area contributed by atoms with Crippen molar-refractivity contribution in [3.63, 3.8) is 0 Å². The van der Waals surface area contributed by atoms with E-state index in [2.05, 4.69) is 9.88 Å². The summed E-state index contributed by atoms with van der Waals surface area (Å²) in [5.74, 6) is 2.23. The van der Waals surface area contributed by atoms with E-state index in [1.54, 1.807) is 5.69 Å². The molecule has 2 aliphatic carbocycles. The van der Waals surface area contributed by atoms with Crippen molar-refractivity contribution in [1.82, 2.24) is 14.9 Å². The summed E-state index contributed by atoms with van der Waals surface area (Å²) in [6.45, 7) is 2.13. The normalized spacial score (nSPS) is 25.1. The van der Waals surface area contributed by atoms with Crippen LogP contribution in [0.25, 0.3) is 0 Å². The molecule has 0 spiro atoms. The topological polar surface area (TPSA) is 29.9 Å². The molecular formula is C16H25N3. The second-order valence-electron chi connectivity index (χ2n) is 6.58. The van der Waals surface area contributed by atoms with Crippen LogP contribution in [0.3, 0.4) is 0 Å². The van der Waals surface area contributed by atoms with Crippen molar-refractivity contribution in [3.05, 3.63) is 17.2 Å². The second-order valence-corrected chi connectivity index (χ2v) is 6.58. The van der Waals surface area contributed by atoms with Crippen LogP contribution < -0.4 is 5.32 Å². The fraction of sp³-hybridized carbons (Fsp3) is 0.812. The van der Waals surface area contributed by atoms with Crippen LogP contribution >= 0.6 is 0 Å². The molecule has 0 amide bonds. The lowest BCUT2D eigenvalue weighted by Crippen LogP contribution is -2.26. The third-order valence-electron chi connectivity index (χ3n) is 5.08. The predicted molar refractivity (Wildman–Crippen MR) is 76.4 cm³/mol. The molecule has 3 heteroatoms. The molecule has 104 valence electrons. The number of aromatic nitrogens is 2. The molecule has 0 bridgehead atoms. The van der Waals surface area contributed by atoms with E-state index in [1.165, 1.54) is 69.3 Å². The summed E-state index contributed by atoms with van der Waals surface area (Å²) in [4.78, 5) is 5.02. The Balaban J connectivity index is 1.72. The molecule has 1 aromatic rings. The lowest BCUT2D eigenvalue weighted by molar-refractivity contribution is 0.413. The first kappa shape index (κ1) is 12.0. The molecule has 0 unspecified atom stereocenters. The van der Waals surface area contributed by atoms with E-state index in [0.29, 0.717) is 0 Å². The van der Waals surface area contributed by atoms with Gasteiger partial charge in [0.1, 0.15) is 5.82 Å². The number of hydrogen-bond acceptors (Lipinski definition) is 2. The number of rotatable bonds is 2. The summed E-state index contributed by atoms with van der Waals surface area (Å²) < 4.78 is 2.71. The number of imidazole rings is 1. The zero-order valence-corrected chi connectivity index (χ0v) is 11.8. The van der Waals surface area contributed by atoms with Crippen molar-refractivity contribution in [2.24, 2.45) is 0 Å². The van der Waals surface area contributed by atoms with Gasteiger partial charge in [0, 0.05) is 37.2 Å². The first-order valence-electron chi connectivity index (χ1n) is 8.24. The van der Waals surface area contributed by atoms with Crippen molar-refractivity contribution in [1.29, 1.82) is 0 Å². The Kier molecular flexibility index (Phi) is 3.10. The zero-order chi connectivity index (χ0) is 12.7. The van der Waals surface area contributed by atoms with Crippen LogP contribution in [0, 0.1) is 0 Å². The highest BCUT2D eigenvalue weighted by atomic mass is 15.2. The molecule has 0 saturated heterocycles. The van der Waals surface area contributed by atoms with E-state index in [0.717, 1.165) is 25.0 Å². The second kappa shape index (κ2) is 4.93. The minimum atomic E-state index is 0.757. The molecule has 3 aliphatic rings. The zero-order valence-electron chi connectivity index (χ0n) is 11.8. The summed E-state index contributed by atoms with van der Waals surface area (Å²) in [6, 6.07) is 0.757. The average Bonchev–Trinajstić information content (AvgIpc) is 3.24. The molecule has 1 aliphatic heterocycles. The molecule has 19 heavy (non-hydrogen) atoms. The van der Waals surface area contributed by atoms with Crippen molar-refractivity contribution >= 4 is 0 Å². The molecule has 2 fully saturated rings. The van der Waals surface area contributed by atoms with E-state index < -0.39 is 0 Å². The van der Waals surface area contributed by atoms with Crippen LogP contribution in [-0.2, 0) is 13.0 Å². The van der Waals surface area contributed by atoms with Gasteiger partial charge in [-0.1, -0.05) is 25.7 Å². The Labute approximate surface area is 115 Å². The minimum absolute atomic E-state index is 0.757. The quantitative estimate of drug-likeness (QED) is 0.826. The van der Waals surface area contributed by atoms with Crippen LogP contribution in [0.4, 0.5) is 0 Å². The van der Waals surface area contributed by atoms with E-state index in [4.69, 9.17) is 4.98 Å². The SMILES string of the molecule is C1CCCC(n2c(C3CC3)nc3c2CCNC3)CC1. The summed E-state index contributed by atoms with van der Waals surface area (Å²) in [6.07, 6.45) is 12.4. The van der Waals surface area contributed by atoms with Gasteiger partial charge in [-0.25, -0.2) is 4.98 Å². The highest BCUT2D eigenvalue weighted by Crippen LogP contribution is 2.43. The van der Waals surface area contributed by atoms with Gasteiger partial charge in [-0.15, -0.1) is 0 Å². The lowest BCUT2D eigenvalue weighted by Gasteiger charge is -2.24. The monoisotopic (exact) mass is 259 g/mol. The maximum Gasteiger partial charge on any atom is 0.112 e. The van der Waals surface area contributed by atoms with Gasteiger partial charge in [-0.3, -0.25) is 0 Å². The Morgan fingerprint density at radius 1 is 1.00 bits per heavy atom. The molecule has 1 N–H and O–H groups in total. The van der Waals surface area contributed by atoms with Gasteiger partial charge in [0.05, 0.1) is 5.69 Å². The van der Waals surface area contributed by atoms with Crippen LogP contribution in [0.15, 0.2) is 0 Å². The van der Waals surface area contributed by atoms with Gasteiger partial charge < -0.3 is 9.88 Å². The van der Waals surface area contributed by atoms with Crippen LogP contribution in [0.2, 0.25) is 0 Å². The summed E-state index contributed by atoms with van der Waals surface area (Å²) in [5, 5.41) is 3.48. The number of hydrogen-bond donors (Lipinski definition) is 1. The first-order valence-corrected chi connectivity index (χ1v) is 8.24. The molecular weight excluding hydrogens is 234 g/mol. The molecule has 2 saturated carbocycles. The maximum absolute atomic E-state index is 5.02. The van der Waals surface area contributed by atoms with E-state index in [9.17, 15) is 0 Å². The molecule has 0 radical (unpaired) electrons. The van der Waals surface area contributed by atoms with Crippen LogP contribution in [-0.4, -0.2) is 16.1 Å². The third-order valence-corrected chi connectivity index (χ3v) is 5.08. The van der Waals surface area contributed by atoms with Gasteiger partial charge in [-0.05, 0) is 25.7 Å². The average molecular weight is 259 g/mol. The van der Waals surface area contributed by atoms with Crippen molar-refractivity contribution in [3.8, 4) is 0 Å². The first-order chi connectivity index (χ1) is 9.43. The fourth-order valence-corrected chi connectivity index (χ4v) is 3.91. The van der Waals surface area contributed by atoms with Crippen molar-refractivity contribution in [2.45, 2.75) is 76.3 Å². The van der Waals surface area contributed by atoms with Crippen molar-refractivity contribution < 1.29 is 0 Å². The third kappa shape index (κ3) is 2.22. The largest absolute Gasteiger partial charge is 0.328 e. The standard InChI is InChI=1S/C16H25N3/c1-2-4-6-13(5-3-1)19-15-9-10-17-11-14(15)18-16(19)12-7-8-12/h12-13,17H,1-11H2. The molecule has 0 atom stereocenters. The molecule has 3 nitrogen and oxygen atoms in total. The number of fused-ring (bicyclic) bond motifs is 1. The van der Waals surface area contributed by atoms with Gasteiger partial charge in [0.2, 0.25) is 0 Å². The maximum atomic E-state index is 5.02. The minimum Gasteiger partial charge on any atom is -0.328 e. The highest BCUT2D eigenvalue weighted by molar-refractivity contribution is 5.25. The van der Waals surface area contributed by atoms with Crippen LogP contribution in [0.5, 0.6) is 0 Å². The fourth-order valence-electron chi connectivity index (χ4n) is 3.91. The Morgan fingerprint density at radius 3 is 2.53 bits per heavy atom. The van der Waals surface area contributed by atoms with Gasteiger partial charge in [0.25, 0.3) is 0 Å². The lowest BCUT2D eigenvalue weighted by atomic mass is 10.1. The van der Waals surface area contributed by atoms with Gasteiger partial charge in [0.15, 0.2) is 0 Å². The molecule has 0 aromatic carbocycles. The predicted octanol–water partition coefficient (Wildman–Crippen LogP) is 3.30. The summed E-state index contributed by atoms with van der Waals surface area (Å²) >= 11 is 0. The molecule has 1 aromatic heterocycles. The Morgan fingerprint density at radius 2 is 1.79 bits per heavy atom. The van der Waals surface area contributed by atoms with E-state index in [-0.39, 0.29) is 0 Å². The molecule has 4 rings (SSSR count). The number of nitrogens with zero attached hydrogens (tertiary/aromatic N) is 2. The Hall–Kier alpha value is -0.830. The Bertz CT molecular complexity index is 451. The summed E-state index contributed by atoms with van der Waals surface area (Å²) in [5.41, 5.74) is 2.94. The van der Waals surface area contributed by atoms with Crippen LogP contribution in [0.1, 0.15) is 80.5 Å². The van der Waals surface area contributed by atoms with Crippen molar-refractivity contribution in [2.75, 3.05) is 6.54 Å². The highest BCUT2D eigenvalue weighted by Gasteiger charge is 2.34. The van der Waals surface area contributed by atoms with Gasteiger partial charge in [-0.2, -0.15) is 0 Å². The number of nitrogens with one attached hydrogen (secondary N) is 1. The smallest absolute Gasteiger partial charge is 0.112 e. The molecule has 2 heterocycles.